The number of ether oxygens (including phenoxy) is 1. The van der Waals surface area contributed by atoms with Gasteiger partial charge in [0.1, 0.15) is 5.60 Å². The maximum atomic E-state index is 11.2. The van der Waals surface area contributed by atoms with Crippen molar-refractivity contribution < 1.29 is 9.53 Å². The first-order valence-corrected chi connectivity index (χ1v) is 5.05. The Labute approximate surface area is 89.4 Å². The van der Waals surface area contributed by atoms with E-state index >= 15 is 0 Å². The van der Waals surface area contributed by atoms with Crippen molar-refractivity contribution in [2.75, 3.05) is 0 Å². The molecular formula is C12H15NO2. The Hall–Kier alpha value is -1.51. The fourth-order valence-electron chi connectivity index (χ4n) is 1.86. The molecule has 1 heterocycles. The van der Waals surface area contributed by atoms with Crippen molar-refractivity contribution in [3.05, 3.63) is 35.4 Å². The molecular weight excluding hydrogens is 190 g/mol. The average molecular weight is 205 g/mol. The van der Waals surface area contributed by atoms with Crippen molar-refractivity contribution >= 4 is 6.09 Å². The molecule has 0 aliphatic carbocycles. The standard InChI is InChI=1S/C12H15NO2/c1-8-4-6-9(7-5-8)10-12(2,3)15-11(14)13-10/h4-7,10H,1-3H3,(H,13,14). The Kier molecular flexibility index (Phi) is 2.18. The van der Waals surface area contributed by atoms with Crippen LogP contribution in [0.5, 0.6) is 0 Å². The maximum Gasteiger partial charge on any atom is 0.408 e. The van der Waals surface area contributed by atoms with Crippen LogP contribution in [0.3, 0.4) is 0 Å². The predicted octanol–water partition coefficient (Wildman–Crippen LogP) is 2.55. The smallest absolute Gasteiger partial charge is 0.408 e. The summed E-state index contributed by atoms with van der Waals surface area (Å²) in [6.45, 7) is 5.86. The number of carbonyl (C=O) groups is 1. The van der Waals surface area contributed by atoms with Gasteiger partial charge in [0.15, 0.2) is 0 Å². The third-order valence-electron chi connectivity index (χ3n) is 2.72. The van der Waals surface area contributed by atoms with E-state index in [0.717, 1.165) is 5.56 Å². The molecule has 0 bridgehead atoms. The fourth-order valence-corrected chi connectivity index (χ4v) is 1.86. The molecule has 1 aliphatic rings. The van der Waals surface area contributed by atoms with Crippen molar-refractivity contribution in [2.45, 2.75) is 32.4 Å². The highest BCUT2D eigenvalue weighted by Gasteiger charge is 2.41. The van der Waals surface area contributed by atoms with Crippen LogP contribution in [0.1, 0.15) is 31.0 Å². The van der Waals surface area contributed by atoms with E-state index in [1.165, 1.54) is 5.56 Å². The number of carbonyl (C=O) groups excluding carboxylic acids is 1. The lowest BCUT2D eigenvalue weighted by Gasteiger charge is -2.23. The zero-order valence-corrected chi connectivity index (χ0v) is 9.20. The van der Waals surface area contributed by atoms with Gasteiger partial charge in [0.25, 0.3) is 0 Å². The number of cyclic esters (lactones) is 1. The number of aryl methyl sites for hydroxylation is 1. The summed E-state index contributed by atoms with van der Waals surface area (Å²) in [4.78, 5) is 11.2. The number of nitrogens with one attached hydrogen (secondary N) is 1. The topological polar surface area (TPSA) is 38.3 Å². The Bertz CT molecular complexity index is 381. The number of alkyl carbamates (subject to hydrolysis) is 1. The largest absolute Gasteiger partial charge is 0.441 e. The lowest BCUT2D eigenvalue weighted by Crippen LogP contribution is -2.30. The molecule has 0 spiro atoms. The van der Waals surface area contributed by atoms with Crippen LogP contribution in [0.15, 0.2) is 24.3 Å². The molecule has 1 unspecified atom stereocenters. The van der Waals surface area contributed by atoms with Crippen molar-refractivity contribution in [2.24, 2.45) is 0 Å². The van der Waals surface area contributed by atoms with Gasteiger partial charge in [-0.2, -0.15) is 0 Å². The van der Waals surface area contributed by atoms with Crippen LogP contribution in [0, 0.1) is 6.92 Å². The SMILES string of the molecule is Cc1ccc(C2NC(=O)OC2(C)C)cc1. The molecule has 1 amide bonds. The first-order valence-electron chi connectivity index (χ1n) is 5.05. The third-order valence-corrected chi connectivity index (χ3v) is 2.72. The summed E-state index contributed by atoms with van der Waals surface area (Å²) in [7, 11) is 0. The van der Waals surface area contributed by atoms with E-state index in [0.29, 0.717) is 0 Å². The minimum Gasteiger partial charge on any atom is -0.441 e. The molecule has 1 N–H and O–H groups in total. The van der Waals surface area contributed by atoms with E-state index in [1.54, 1.807) is 0 Å². The summed E-state index contributed by atoms with van der Waals surface area (Å²) in [6, 6.07) is 8.06. The molecule has 80 valence electrons. The van der Waals surface area contributed by atoms with Crippen molar-refractivity contribution in [1.29, 1.82) is 0 Å². The highest BCUT2D eigenvalue weighted by atomic mass is 16.6. The lowest BCUT2D eigenvalue weighted by atomic mass is 9.92. The fraction of sp³-hybridized carbons (Fsp3) is 0.417. The van der Waals surface area contributed by atoms with Crippen LogP contribution in [0.2, 0.25) is 0 Å². The summed E-state index contributed by atoms with van der Waals surface area (Å²) in [5.41, 5.74) is 1.81. The predicted molar refractivity (Wildman–Crippen MR) is 57.6 cm³/mol. The van der Waals surface area contributed by atoms with E-state index in [1.807, 2.05) is 45.0 Å². The Morgan fingerprint density at radius 1 is 1.27 bits per heavy atom. The van der Waals surface area contributed by atoms with E-state index < -0.39 is 5.60 Å². The number of hydrogen-bond donors (Lipinski definition) is 1. The first kappa shape index (κ1) is 10.0. The highest BCUT2D eigenvalue weighted by molar-refractivity contribution is 5.71. The number of hydrogen-bond acceptors (Lipinski definition) is 2. The summed E-state index contributed by atoms with van der Waals surface area (Å²) in [5, 5.41) is 2.82. The van der Waals surface area contributed by atoms with Crippen LogP contribution >= 0.6 is 0 Å². The molecule has 1 fully saturated rings. The molecule has 3 heteroatoms. The normalized spacial score (nSPS) is 23.4. The molecule has 15 heavy (non-hydrogen) atoms. The number of rotatable bonds is 1. The first-order chi connectivity index (χ1) is 6.99. The van der Waals surface area contributed by atoms with E-state index in [-0.39, 0.29) is 12.1 Å². The minimum atomic E-state index is -0.480. The quantitative estimate of drug-likeness (QED) is 0.765. The van der Waals surface area contributed by atoms with Crippen LogP contribution in [0.4, 0.5) is 4.79 Å². The van der Waals surface area contributed by atoms with E-state index in [4.69, 9.17) is 4.74 Å². The van der Waals surface area contributed by atoms with Gasteiger partial charge in [0, 0.05) is 0 Å². The van der Waals surface area contributed by atoms with E-state index in [9.17, 15) is 4.79 Å². The van der Waals surface area contributed by atoms with Gasteiger partial charge in [-0.05, 0) is 26.3 Å². The van der Waals surface area contributed by atoms with Gasteiger partial charge in [0.2, 0.25) is 0 Å². The lowest BCUT2D eigenvalue weighted by molar-refractivity contribution is 0.0684. The van der Waals surface area contributed by atoms with Gasteiger partial charge in [-0.3, -0.25) is 0 Å². The van der Waals surface area contributed by atoms with Crippen molar-refractivity contribution in [3.63, 3.8) is 0 Å². The van der Waals surface area contributed by atoms with Crippen LogP contribution in [-0.4, -0.2) is 11.7 Å². The summed E-state index contributed by atoms with van der Waals surface area (Å²) in [5.74, 6) is 0. The van der Waals surface area contributed by atoms with Gasteiger partial charge < -0.3 is 10.1 Å². The van der Waals surface area contributed by atoms with Crippen LogP contribution in [0.25, 0.3) is 0 Å². The summed E-state index contributed by atoms with van der Waals surface area (Å²) >= 11 is 0. The third kappa shape index (κ3) is 1.82. The monoisotopic (exact) mass is 205 g/mol. The Morgan fingerprint density at radius 2 is 1.87 bits per heavy atom. The minimum absolute atomic E-state index is 0.0643. The van der Waals surface area contributed by atoms with Gasteiger partial charge in [-0.15, -0.1) is 0 Å². The second-order valence-corrected chi connectivity index (χ2v) is 4.48. The van der Waals surface area contributed by atoms with Gasteiger partial charge in [-0.25, -0.2) is 4.79 Å². The zero-order valence-electron chi connectivity index (χ0n) is 9.20. The maximum absolute atomic E-state index is 11.2. The molecule has 0 radical (unpaired) electrons. The second kappa shape index (κ2) is 3.26. The molecule has 3 nitrogen and oxygen atoms in total. The zero-order chi connectivity index (χ0) is 11.1. The van der Waals surface area contributed by atoms with Gasteiger partial charge in [-0.1, -0.05) is 29.8 Å². The number of amides is 1. The second-order valence-electron chi connectivity index (χ2n) is 4.48. The van der Waals surface area contributed by atoms with Crippen LogP contribution in [-0.2, 0) is 4.74 Å². The number of benzene rings is 1. The van der Waals surface area contributed by atoms with Crippen molar-refractivity contribution in [3.8, 4) is 0 Å². The molecule has 1 aliphatic heterocycles. The highest BCUT2D eigenvalue weighted by Crippen LogP contribution is 2.33. The summed E-state index contributed by atoms with van der Waals surface area (Å²) < 4.78 is 5.20. The Balaban J connectivity index is 2.31. The summed E-state index contributed by atoms with van der Waals surface area (Å²) in [6.07, 6.45) is -0.342. The van der Waals surface area contributed by atoms with E-state index in [2.05, 4.69) is 5.32 Å². The molecule has 1 aromatic carbocycles. The Morgan fingerprint density at radius 3 is 2.33 bits per heavy atom. The molecule has 1 saturated heterocycles. The van der Waals surface area contributed by atoms with Crippen LogP contribution < -0.4 is 5.32 Å². The van der Waals surface area contributed by atoms with Gasteiger partial charge >= 0.3 is 6.09 Å². The molecule has 0 saturated carbocycles. The van der Waals surface area contributed by atoms with Gasteiger partial charge in [0.05, 0.1) is 6.04 Å². The van der Waals surface area contributed by atoms with Crippen molar-refractivity contribution in [1.82, 2.24) is 5.32 Å². The molecule has 1 aromatic rings. The molecule has 0 aromatic heterocycles. The molecule has 2 rings (SSSR count). The average Bonchev–Trinajstić information content (AvgIpc) is 2.41. The molecule has 1 atom stereocenters.